The molecule has 8 aromatic rings. The van der Waals surface area contributed by atoms with Gasteiger partial charge in [0.2, 0.25) is 0 Å². The van der Waals surface area contributed by atoms with E-state index in [9.17, 15) is 0 Å². The molecule has 4 saturated carbocycles. The number of benzene rings is 8. The van der Waals surface area contributed by atoms with E-state index in [1.807, 2.05) is 97.1 Å². The summed E-state index contributed by atoms with van der Waals surface area (Å²) in [5.74, 6) is -1.31. The minimum atomic E-state index is -5.15. The Labute approximate surface area is 548 Å². The standard InChI is InChI=1S/C72H76O18P4/c1-70-44-43-62-45-63(71(62,70)2)72(70)85-64-65(86-72)67(88-92(74,79-48-56-31-15-5-16-32-56)80-49-57-33-17-6-18-34-57)69(90-94(76,83-52-60-39-23-9-24-40-60)84-53-61-41-25-10-26-42-61)68(89-93(75,81-50-58-35-19-7-20-36-58)82-51-59-37-21-8-22-38-59)66(64)87-91(73,77-46-54-27-11-3-12-28-54)78-47-55-29-13-4-14-30-55/h3-42,62-69H,43-53H2,1-2H3/t62-,63?,64-,65+,66-,67+,68-,69-,70+,71?,72?/m1/s1. The van der Waals surface area contributed by atoms with Crippen LogP contribution in [0.25, 0.3) is 0 Å². The third-order valence-corrected chi connectivity index (χ3v) is 24.5. The second-order valence-electron chi connectivity index (χ2n) is 24.6. The monoisotopic (exact) mass is 1350 g/mol. The van der Waals surface area contributed by atoms with Crippen molar-refractivity contribution in [3.8, 4) is 0 Å². The van der Waals surface area contributed by atoms with Gasteiger partial charge in [0.05, 0.1) is 52.9 Å². The molecule has 0 N–H and O–H groups in total. The molecule has 94 heavy (non-hydrogen) atoms. The van der Waals surface area contributed by atoms with E-state index in [-0.39, 0.29) is 64.2 Å². The molecule has 0 amide bonds. The highest BCUT2D eigenvalue weighted by molar-refractivity contribution is 7.49. The summed E-state index contributed by atoms with van der Waals surface area (Å²) >= 11 is 0. The molecule has 1 heterocycles. The average Bonchev–Trinajstić information content (AvgIpc) is 1.35. The van der Waals surface area contributed by atoms with Crippen molar-refractivity contribution in [2.75, 3.05) is 0 Å². The summed E-state index contributed by atoms with van der Waals surface area (Å²) in [6, 6.07) is 72.0. The molecule has 22 heteroatoms. The van der Waals surface area contributed by atoms with Crippen LogP contribution in [-0.2, 0) is 135 Å². The lowest BCUT2D eigenvalue weighted by Gasteiger charge is -2.76. The van der Waals surface area contributed by atoms with Gasteiger partial charge < -0.3 is 9.47 Å². The number of phosphoric acid groups is 4. The van der Waals surface area contributed by atoms with E-state index in [4.69, 9.17) is 63.8 Å². The van der Waals surface area contributed by atoms with Gasteiger partial charge in [-0.25, -0.2) is 18.3 Å². The average molecular weight is 1350 g/mol. The van der Waals surface area contributed by atoms with Crippen molar-refractivity contribution in [2.45, 2.75) is 128 Å². The van der Waals surface area contributed by atoms with Crippen LogP contribution >= 0.6 is 31.3 Å². The fraction of sp³-hybridized carbons (Fsp3) is 0.333. The van der Waals surface area contributed by atoms with Gasteiger partial charge in [-0.3, -0.25) is 54.3 Å². The molecule has 0 bridgehead atoms. The van der Waals surface area contributed by atoms with Crippen LogP contribution < -0.4 is 0 Å². The molecule has 1 saturated heterocycles. The van der Waals surface area contributed by atoms with Crippen molar-refractivity contribution in [2.24, 2.45) is 22.7 Å². The Morgan fingerprint density at radius 3 is 0.766 bits per heavy atom. The van der Waals surface area contributed by atoms with Crippen LogP contribution in [0.15, 0.2) is 243 Å². The maximum absolute atomic E-state index is 16.5. The summed E-state index contributed by atoms with van der Waals surface area (Å²) in [6.45, 7) is 1.88. The summed E-state index contributed by atoms with van der Waals surface area (Å²) in [5, 5.41) is 0. The van der Waals surface area contributed by atoms with Gasteiger partial charge in [0.15, 0.2) is 5.79 Å². The molecule has 492 valence electrons. The summed E-state index contributed by atoms with van der Waals surface area (Å²) in [7, 11) is -20.4. The fourth-order valence-electron chi connectivity index (χ4n) is 13.8. The third-order valence-electron chi connectivity index (χ3n) is 18.9. The van der Waals surface area contributed by atoms with E-state index < -0.39 is 79.1 Å². The Kier molecular flexibility index (Phi) is 20.6. The highest BCUT2D eigenvalue weighted by Crippen LogP contribution is 2.87. The summed E-state index contributed by atoms with van der Waals surface area (Å²) in [4.78, 5) is 0. The van der Waals surface area contributed by atoms with Crippen LogP contribution in [0.1, 0.15) is 77.6 Å². The van der Waals surface area contributed by atoms with E-state index in [0.29, 0.717) is 56.8 Å². The Bertz CT molecular complexity index is 3530. The molecule has 5 aliphatic rings. The number of ether oxygens (including phenoxy) is 2. The lowest BCUT2D eigenvalue weighted by molar-refractivity contribution is -0.439. The SMILES string of the molecule is CC12C3C[C@H]1CC[C@]2(C)C31O[C@@H]2[C@H](O1)[C@H](OP(=O)(OCc1ccccc1)OCc1ccccc1)[C@@H](OP(=O)(OCc1ccccc1)OCc1ccccc1)[C@H](OP(=O)(OCc1ccccc1)OCc1ccccc1)[C@@H]2OP(=O)(OCc1ccccc1)OCc1ccccc1. The Morgan fingerprint density at radius 1 is 0.330 bits per heavy atom. The third kappa shape index (κ3) is 14.7. The van der Waals surface area contributed by atoms with Gasteiger partial charge in [-0.05, 0) is 75.1 Å². The van der Waals surface area contributed by atoms with Crippen LogP contribution in [0.2, 0.25) is 0 Å². The Morgan fingerprint density at radius 2 is 0.543 bits per heavy atom. The van der Waals surface area contributed by atoms with Gasteiger partial charge in [-0.15, -0.1) is 0 Å². The van der Waals surface area contributed by atoms with Crippen molar-refractivity contribution in [1.82, 2.24) is 0 Å². The number of phosphoric ester groups is 4. The first-order valence-electron chi connectivity index (χ1n) is 31.6. The van der Waals surface area contributed by atoms with E-state index in [1.54, 1.807) is 146 Å². The quantitative estimate of drug-likeness (QED) is 0.0360. The lowest BCUT2D eigenvalue weighted by atomic mass is 9.32. The van der Waals surface area contributed by atoms with Crippen LogP contribution in [0.3, 0.4) is 0 Å². The normalized spacial score (nSPS) is 26.3. The first kappa shape index (κ1) is 66.7. The van der Waals surface area contributed by atoms with Gasteiger partial charge in [0, 0.05) is 11.3 Å². The molecule has 18 nitrogen and oxygen atoms in total. The highest BCUT2D eigenvalue weighted by Gasteiger charge is 2.89. The Hall–Kier alpha value is -5.88. The molecule has 0 aromatic heterocycles. The van der Waals surface area contributed by atoms with Gasteiger partial charge in [0.25, 0.3) is 0 Å². The summed E-state index contributed by atoms with van der Waals surface area (Å²) in [5.41, 5.74) is 3.85. The van der Waals surface area contributed by atoms with Crippen LogP contribution in [0.5, 0.6) is 0 Å². The van der Waals surface area contributed by atoms with Crippen molar-refractivity contribution >= 4 is 31.3 Å². The predicted molar refractivity (Wildman–Crippen MR) is 349 cm³/mol. The molecule has 8 aromatic carbocycles. The molecule has 11 atom stereocenters. The number of hydrogen-bond acceptors (Lipinski definition) is 18. The zero-order chi connectivity index (χ0) is 64.7. The van der Waals surface area contributed by atoms with Gasteiger partial charge in [-0.1, -0.05) is 257 Å². The van der Waals surface area contributed by atoms with Crippen LogP contribution in [0.4, 0.5) is 0 Å². The first-order valence-corrected chi connectivity index (χ1v) is 37.5. The second-order valence-corrected chi connectivity index (χ2v) is 31.1. The summed E-state index contributed by atoms with van der Waals surface area (Å²) in [6.07, 6.45) is -8.66. The number of hydrogen-bond donors (Lipinski definition) is 0. The Balaban J connectivity index is 1.01. The molecule has 0 radical (unpaired) electrons. The number of fused-ring (bicyclic) bond motifs is 3. The summed E-state index contributed by atoms with van der Waals surface area (Å²) < 4.78 is 161. The van der Waals surface area contributed by atoms with Crippen LogP contribution in [-0.4, -0.2) is 42.4 Å². The highest BCUT2D eigenvalue weighted by atomic mass is 31.2. The van der Waals surface area contributed by atoms with Crippen LogP contribution in [0, 0.1) is 22.7 Å². The van der Waals surface area contributed by atoms with E-state index >= 15 is 18.3 Å². The van der Waals surface area contributed by atoms with Crippen molar-refractivity contribution < 1.29 is 82.0 Å². The lowest BCUT2D eigenvalue weighted by Crippen LogP contribution is -2.80. The maximum Gasteiger partial charge on any atom is 0.475 e. The van der Waals surface area contributed by atoms with Gasteiger partial charge >= 0.3 is 31.3 Å². The topological polar surface area (TPSA) is 197 Å². The zero-order valence-corrected chi connectivity index (χ0v) is 55.7. The molecule has 4 aliphatic carbocycles. The second kappa shape index (κ2) is 29.1. The minimum absolute atomic E-state index is 0.224. The van der Waals surface area contributed by atoms with E-state index in [0.717, 1.165) is 12.8 Å². The first-order chi connectivity index (χ1) is 45.6. The molecular weight excluding hydrogens is 1280 g/mol. The smallest absolute Gasteiger partial charge is 0.340 e. The van der Waals surface area contributed by atoms with Crippen molar-refractivity contribution in [3.63, 3.8) is 0 Å². The van der Waals surface area contributed by atoms with Gasteiger partial charge in [-0.2, -0.15) is 0 Å². The molecule has 5 fully saturated rings. The predicted octanol–water partition coefficient (Wildman–Crippen LogP) is 17.6. The minimum Gasteiger partial charge on any atom is -0.340 e. The molecule has 1 spiro atoms. The molecular formula is C72H76O18P4. The largest absolute Gasteiger partial charge is 0.475 e. The molecule has 1 aliphatic heterocycles. The number of rotatable bonds is 32. The fourth-order valence-corrected chi connectivity index (χ4v) is 19.2. The molecule has 13 rings (SSSR count). The van der Waals surface area contributed by atoms with E-state index in [2.05, 4.69) is 13.8 Å². The zero-order valence-electron chi connectivity index (χ0n) is 52.1. The maximum atomic E-state index is 16.5. The van der Waals surface area contributed by atoms with Crippen molar-refractivity contribution in [3.05, 3.63) is 287 Å². The molecule has 3 unspecified atom stereocenters. The van der Waals surface area contributed by atoms with E-state index in [1.165, 1.54) is 0 Å². The van der Waals surface area contributed by atoms with Gasteiger partial charge in [0.1, 0.15) is 36.6 Å². The van der Waals surface area contributed by atoms with Crippen molar-refractivity contribution in [1.29, 1.82) is 0 Å².